The molecule has 0 atom stereocenters. The van der Waals surface area contributed by atoms with Crippen LogP contribution in [0.2, 0.25) is 0 Å². The van der Waals surface area contributed by atoms with Gasteiger partial charge in [-0.05, 0) is 30.7 Å². The van der Waals surface area contributed by atoms with Crippen LogP contribution in [0.5, 0.6) is 5.75 Å². The maximum absolute atomic E-state index is 5.30. The molecule has 1 aromatic rings. The first-order valence-corrected chi connectivity index (χ1v) is 4.41. The zero-order valence-corrected chi connectivity index (χ0v) is 8.72. The maximum Gasteiger partial charge on any atom is 0.188 e. The van der Waals surface area contributed by atoms with E-state index in [1.54, 1.807) is 7.11 Å². The Labute approximate surface area is 80.6 Å². The fourth-order valence-electron chi connectivity index (χ4n) is 0.897. The lowest BCUT2D eigenvalue weighted by molar-refractivity contribution is 0.0506. The lowest BCUT2D eigenvalue weighted by Crippen LogP contribution is -1.99. The molecule has 0 saturated heterocycles. The first-order valence-electron chi connectivity index (χ1n) is 3.62. The predicted octanol–water partition coefficient (Wildman–Crippen LogP) is 2.74. The summed E-state index contributed by atoms with van der Waals surface area (Å²) in [6.45, 7) is 2.29. The summed E-state index contributed by atoms with van der Waals surface area (Å²) in [5, 5.41) is 0. The number of ether oxygens (including phenoxy) is 2. The van der Waals surface area contributed by atoms with Gasteiger partial charge in [0.05, 0.1) is 0 Å². The number of benzene rings is 1. The molecule has 0 heterocycles. The minimum absolute atomic E-state index is 0.294. The topological polar surface area (TPSA) is 18.5 Å². The van der Waals surface area contributed by atoms with Crippen molar-refractivity contribution in [2.45, 2.75) is 6.92 Å². The number of aryl methyl sites for hydroxylation is 1. The van der Waals surface area contributed by atoms with Gasteiger partial charge < -0.3 is 9.47 Å². The van der Waals surface area contributed by atoms with Gasteiger partial charge in [0.25, 0.3) is 0 Å². The molecule has 66 valence electrons. The molecule has 0 aliphatic rings. The van der Waals surface area contributed by atoms with E-state index in [-0.39, 0.29) is 0 Å². The molecule has 0 aliphatic carbocycles. The van der Waals surface area contributed by atoms with Crippen molar-refractivity contribution >= 4 is 15.9 Å². The molecule has 0 aromatic heterocycles. The van der Waals surface area contributed by atoms with E-state index in [2.05, 4.69) is 15.9 Å². The number of methoxy groups -OCH3 is 1. The van der Waals surface area contributed by atoms with E-state index in [4.69, 9.17) is 9.47 Å². The molecule has 0 saturated carbocycles. The summed E-state index contributed by atoms with van der Waals surface area (Å²) >= 11 is 3.38. The third-order valence-corrected chi connectivity index (χ3v) is 1.96. The SMILES string of the molecule is COCOc1ccc(Br)cc1C. The van der Waals surface area contributed by atoms with Gasteiger partial charge in [-0.15, -0.1) is 0 Å². The van der Waals surface area contributed by atoms with E-state index < -0.39 is 0 Å². The van der Waals surface area contributed by atoms with Crippen molar-refractivity contribution in [3.05, 3.63) is 28.2 Å². The minimum atomic E-state index is 0.294. The highest BCUT2D eigenvalue weighted by atomic mass is 79.9. The lowest BCUT2D eigenvalue weighted by Gasteiger charge is -2.07. The summed E-state index contributed by atoms with van der Waals surface area (Å²) in [7, 11) is 1.61. The van der Waals surface area contributed by atoms with Gasteiger partial charge in [0.15, 0.2) is 6.79 Å². The maximum atomic E-state index is 5.30. The van der Waals surface area contributed by atoms with Crippen molar-refractivity contribution in [1.82, 2.24) is 0 Å². The molecule has 0 amide bonds. The normalized spacial score (nSPS) is 9.92. The third kappa shape index (κ3) is 2.50. The van der Waals surface area contributed by atoms with Crippen molar-refractivity contribution < 1.29 is 9.47 Å². The van der Waals surface area contributed by atoms with Gasteiger partial charge in [-0.3, -0.25) is 0 Å². The Morgan fingerprint density at radius 2 is 2.17 bits per heavy atom. The number of halogens is 1. The van der Waals surface area contributed by atoms with Crippen molar-refractivity contribution in [3.8, 4) is 5.75 Å². The van der Waals surface area contributed by atoms with Gasteiger partial charge in [-0.25, -0.2) is 0 Å². The van der Waals surface area contributed by atoms with Crippen LogP contribution in [0.25, 0.3) is 0 Å². The summed E-state index contributed by atoms with van der Waals surface area (Å²) in [6, 6.07) is 5.86. The van der Waals surface area contributed by atoms with E-state index >= 15 is 0 Å². The summed E-state index contributed by atoms with van der Waals surface area (Å²) in [4.78, 5) is 0. The van der Waals surface area contributed by atoms with Gasteiger partial charge >= 0.3 is 0 Å². The minimum Gasteiger partial charge on any atom is -0.467 e. The zero-order chi connectivity index (χ0) is 8.97. The average Bonchev–Trinajstić information content (AvgIpc) is 2.03. The predicted molar refractivity (Wildman–Crippen MR) is 51.4 cm³/mol. The first-order chi connectivity index (χ1) is 5.74. The second kappa shape index (κ2) is 4.48. The molecule has 0 spiro atoms. The highest BCUT2D eigenvalue weighted by Crippen LogP contribution is 2.21. The Morgan fingerprint density at radius 3 is 2.75 bits per heavy atom. The second-order valence-electron chi connectivity index (χ2n) is 2.46. The fourth-order valence-corrected chi connectivity index (χ4v) is 1.37. The van der Waals surface area contributed by atoms with Gasteiger partial charge in [-0.2, -0.15) is 0 Å². The standard InChI is InChI=1S/C9H11BrO2/c1-7-5-8(10)3-4-9(7)12-6-11-2/h3-5H,6H2,1-2H3. The number of hydrogen-bond donors (Lipinski definition) is 0. The Kier molecular flexibility index (Phi) is 3.56. The van der Waals surface area contributed by atoms with Crippen LogP contribution >= 0.6 is 15.9 Å². The van der Waals surface area contributed by atoms with Crippen molar-refractivity contribution in [2.75, 3.05) is 13.9 Å². The lowest BCUT2D eigenvalue weighted by atomic mass is 10.2. The quantitative estimate of drug-likeness (QED) is 0.744. The second-order valence-corrected chi connectivity index (χ2v) is 3.38. The van der Waals surface area contributed by atoms with E-state index in [0.29, 0.717) is 6.79 Å². The largest absolute Gasteiger partial charge is 0.467 e. The molecule has 3 heteroatoms. The molecule has 0 unspecified atom stereocenters. The molecule has 0 bridgehead atoms. The van der Waals surface area contributed by atoms with Crippen molar-refractivity contribution in [3.63, 3.8) is 0 Å². The van der Waals surface area contributed by atoms with Crippen molar-refractivity contribution in [1.29, 1.82) is 0 Å². The Hall–Kier alpha value is -0.540. The van der Waals surface area contributed by atoms with Crippen LogP contribution in [0.4, 0.5) is 0 Å². The molecule has 0 fully saturated rings. The molecule has 0 radical (unpaired) electrons. The zero-order valence-electron chi connectivity index (χ0n) is 7.13. The monoisotopic (exact) mass is 230 g/mol. The van der Waals surface area contributed by atoms with Gasteiger partial charge in [-0.1, -0.05) is 15.9 Å². The van der Waals surface area contributed by atoms with E-state index in [0.717, 1.165) is 15.8 Å². The van der Waals surface area contributed by atoms with Crippen LogP contribution in [0.1, 0.15) is 5.56 Å². The van der Waals surface area contributed by atoms with Crippen molar-refractivity contribution in [2.24, 2.45) is 0 Å². The molecule has 1 rings (SSSR count). The Balaban J connectivity index is 2.72. The van der Waals surface area contributed by atoms with E-state index in [1.165, 1.54) is 0 Å². The summed E-state index contributed by atoms with van der Waals surface area (Å²) in [5.41, 5.74) is 1.10. The van der Waals surface area contributed by atoms with Gasteiger partial charge in [0, 0.05) is 11.6 Å². The molecule has 0 N–H and O–H groups in total. The first kappa shape index (κ1) is 9.55. The summed E-state index contributed by atoms with van der Waals surface area (Å²) < 4.78 is 11.2. The van der Waals surface area contributed by atoms with Crippen LogP contribution in [0, 0.1) is 6.92 Å². The molecule has 2 nitrogen and oxygen atoms in total. The number of hydrogen-bond acceptors (Lipinski definition) is 2. The van der Waals surface area contributed by atoms with E-state index in [1.807, 2.05) is 25.1 Å². The smallest absolute Gasteiger partial charge is 0.188 e. The highest BCUT2D eigenvalue weighted by molar-refractivity contribution is 9.10. The van der Waals surface area contributed by atoms with Gasteiger partial charge in [0.1, 0.15) is 5.75 Å². The van der Waals surface area contributed by atoms with Crippen LogP contribution in [-0.2, 0) is 4.74 Å². The summed E-state index contributed by atoms with van der Waals surface area (Å²) in [6.07, 6.45) is 0. The number of rotatable bonds is 3. The Morgan fingerprint density at radius 1 is 1.42 bits per heavy atom. The van der Waals surface area contributed by atoms with Gasteiger partial charge in [0.2, 0.25) is 0 Å². The van der Waals surface area contributed by atoms with Crippen LogP contribution in [0.3, 0.4) is 0 Å². The molecular weight excluding hydrogens is 220 g/mol. The highest BCUT2D eigenvalue weighted by Gasteiger charge is 1.98. The molecule has 12 heavy (non-hydrogen) atoms. The van der Waals surface area contributed by atoms with Crippen LogP contribution in [-0.4, -0.2) is 13.9 Å². The van der Waals surface area contributed by atoms with Crippen LogP contribution < -0.4 is 4.74 Å². The summed E-state index contributed by atoms with van der Waals surface area (Å²) in [5.74, 6) is 0.861. The molecule has 1 aromatic carbocycles. The molecular formula is C9H11BrO2. The Bertz CT molecular complexity index is 261. The van der Waals surface area contributed by atoms with E-state index in [9.17, 15) is 0 Å². The fraction of sp³-hybridized carbons (Fsp3) is 0.333. The third-order valence-electron chi connectivity index (χ3n) is 1.47. The average molecular weight is 231 g/mol. The molecule has 0 aliphatic heterocycles. The van der Waals surface area contributed by atoms with Crippen LogP contribution in [0.15, 0.2) is 22.7 Å².